The van der Waals surface area contributed by atoms with Gasteiger partial charge >= 0.3 is 0 Å². The standard InChI is InChI=1S/C11H14ClNO3S/c1-8-5-4-6-10(12)11(8)13(7-9(2)14)17(3,15)16/h4-6H,7H2,1-3H3. The SMILES string of the molecule is CC(=O)CN(c1c(C)cccc1Cl)S(C)(=O)=O. The highest BCUT2D eigenvalue weighted by molar-refractivity contribution is 7.92. The topological polar surface area (TPSA) is 54.5 Å². The van der Waals surface area contributed by atoms with Crippen LogP contribution in [0.1, 0.15) is 12.5 Å². The first-order chi connectivity index (χ1) is 7.73. The molecule has 0 aliphatic carbocycles. The van der Waals surface area contributed by atoms with Gasteiger partial charge in [-0.25, -0.2) is 8.42 Å². The summed E-state index contributed by atoms with van der Waals surface area (Å²) in [5.74, 6) is -0.241. The number of carbonyl (C=O) groups excluding carboxylic acids is 1. The van der Waals surface area contributed by atoms with E-state index in [0.29, 0.717) is 16.3 Å². The highest BCUT2D eigenvalue weighted by Crippen LogP contribution is 2.30. The van der Waals surface area contributed by atoms with Crippen molar-refractivity contribution in [2.24, 2.45) is 0 Å². The van der Waals surface area contributed by atoms with Crippen molar-refractivity contribution < 1.29 is 13.2 Å². The number of anilines is 1. The molecule has 0 heterocycles. The highest BCUT2D eigenvalue weighted by atomic mass is 35.5. The number of Topliss-reactive ketones (excluding diaryl/α,β-unsaturated/α-hetero) is 1. The summed E-state index contributed by atoms with van der Waals surface area (Å²) < 4.78 is 24.4. The maximum Gasteiger partial charge on any atom is 0.232 e. The van der Waals surface area contributed by atoms with Crippen LogP contribution in [0.4, 0.5) is 5.69 Å². The molecule has 0 saturated heterocycles. The monoisotopic (exact) mass is 275 g/mol. The molecule has 0 N–H and O–H groups in total. The summed E-state index contributed by atoms with van der Waals surface area (Å²) in [6.07, 6.45) is 1.05. The number of hydrogen-bond acceptors (Lipinski definition) is 3. The molecule has 0 atom stereocenters. The van der Waals surface area contributed by atoms with Crippen LogP contribution >= 0.6 is 11.6 Å². The molecule has 94 valence electrons. The molecule has 4 nitrogen and oxygen atoms in total. The van der Waals surface area contributed by atoms with Gasteiger partial charge in [0, 0.05) is 0 Å². The average molecular weight is 276 g/mol. The lowest BCUT2D eigenvalue weighted by molar-refractivity contribution is -0.115. The van der Waals surface area contributed by atoms with Crippen LogP contribution in [0.2, 0.25) is 5.02 Å². The molecule has 0 amide bonds. The summed E-state index contributed by atoms with van der Waals surface area (Å²) in [6.45, 7) is 2.88. The number of hydrogen-bond donors (Lipinski definition) is 0. The predicted molar refractivity (Wildman–Crippen MR) is 69.1 cm³/mol. The van der Waals surface area contributed by atoms with Crippen LogP contribution in [0.25, 0.3) is 0 Å². The third-order valence-corrected chi connectivity index (χ3v) is 3.62. The van der Waals surface area contributed by atoms with Gasteiger partial charge in [0.05, 0.1) is 23.5 Å². The molecule has 0 fully saturated rings. The van der Waals surface area contributed by atoms with Gasteiger partial charge in [-0.3, -0.25) is 9.10 Å². The molecule has 0 saturated carbocycles. The first-order valence-corrected chi connectivity index (χ1v) is 7.18. The predicted octanol–water partition coefficient (Wildman–Crippen LogP) is 2.00. The van der Waals surface area contributed by atoms with E-state index in [0.717, 1.165) is 10.6 Å². The second-order valence-corrected chi connectivity index (χ2v) is 6.19. The lowest BCUT2D eigenvalue weighted by Gasteiger charge is -2.23. The van der Waals surface area contributed by atoms with Crippen molar-refractivity contribution in [2.75, 3.05) is 17.1 Å². The number of para-hydroxylation sites is 1. The molecule has 0 aromatic heterocycles. The molecule has 0 unspecified atom stereocenters. The largest absolute Gasteiger partial charge is 0.298 e. The summed E-state index contributed by atoms with van der Waals surface area (Å²) in [6, 6.07) is 5.08. The zero-order valence-electron chi connectivity index (χ0n) is 9.90. The maximum absolute atomic E-state index is 11.7. The molecule has 1 rings (SSSR count). The molecule has 1 aromatic rings. The Labute approximate surface area is 106 Å². The highest BCUT2D eigenvalue weighted by Gasteiger charge is 2.22. The lowest BCUT2D eigenvalue weighted by atomic mass is 10.2. The minimum absolute atomic E-state index is 0.205. The molecule has 0 spiro atoms. The van der Waals surface area contributed by atoms with E-state index in [9.17, 15) is 13.2 Å². The number of halogens is 1. The van der Waals surface area contributed by atoms with Gasteiger partial charge in [0.25, 0.3) is 0 Å². The van der Waals surface area contributed by atoms with Gasteiger partial charge in [-0.1, -0.05) is 23.7 Å². The van der Waals surface area contributed by atoms with Gasteiger partial charge in [-0.15, -0.1) is 0 Å². The first kappa shape index (κ1) is 14.0. The van der Waals surface area contributed by atoms with Crippen LogP contribution in [0.15, 0.2) is 18.2 Å². The van der Waals surface area contributed by atoms with Crippen LogP contribution in [-0.4, -0.2) is 27.0 Å². The number of aryl methyl sites for hydroxylation is 1. The van der Waals surface area contributed by atoms with Crippen LogP contribution < -0.4 is 4.31 Å². The van der Waals surface area contributed by atoms with Gasteiger partial charge in [0.15, 0.2) is 0 Å². The van der Waals surface area contributed by atoms with E-state index >= 15 is 0 Å². The number of benzene rings is 1. The van der Waals surface area contributed by atoms with Crippen molar-refractivity contribution in [1.29, 1.82) is 0 Å². The van der Waals surface area contributed by atoms with Gasteiger partial charge in [0.2, 0.25) is 10.0 Å². The van der Waals surface area contributed by atoms with E-state index in [-0.39, 0.29) is 12.3 Å². The van der Waals surface area contributed by atoms with Crippen molar-refractivity contribution in [2.45, 2.75) is 13.8 Å². The number of ketones is 1. The lowest BCUT2D eigenvalue weighted by Crippen LogP contribution is -2.34. The van der Waals surface area contributed by atoms with E-state index in [1.165, 1.54) is 6.92 Å². The van der Waals surface area contributed by atoms with Gasteiger partial charge in [0.1, 0.15) is 5.78 Å². The summed E-state index contributed by atoms with van der Waals surface area (Å²) in [5, 5.41) is 0.316. The fourth-order valence-electron chi connectivity index (χ4n) is 1.50. The third-order valence-electron chi connectivity index (χ3n) is 2.20. The van der Waals surface area contributed by atoms with E-state index in [1.54, 1.807) is 25.1 Å². The molecule has 0 aliphatic rings. The van der Waals surface area contributed by atoms with Crippen LogP contribution in [-0.2, 0) is 14.8 Å². The normalized spacial score (nSPS) is 11.3. The summed E-state index contributed by atoms with van der Waals surface area (Å²) in [4.78, 5) is 11.1. The Morgan fingerprint density at radius 3 is 2.41 bits per heavy atom. The Bertz CT molecular complexity index is 519. The van der Waals surface area contributed by atoms with Crippen LogP contribution in [0, 0.1) is 6.92 Å². The van der Waals surface area contributed by atoms with E-state index in [4.69, 9.17) is 11.6 Å². The smallest absolute Gasteiger partial charge is 0.232 e. The minimum atomic E-state index is -3.53. The van der Waals surface area contributed by atoms with Crippen molar-refractivity contribution in [3.8, 4) is 0 Å². The fourth-order valence-corrected chi connectivity index (χ4v) is 2.87. The third kappa shape index (κ3) is 3.44. The molecule has 0 aliphatic heterocycles. The maximum atomic E-state index is 11.7. The molecule has 6 heteroatoms. The first-order valence-electron chi connectivity index (χ1n) is 4.95. The quantitative estimate of drug-likeness (QED) is 0.845. The van der Waals surface area contributed by atoms with Crippen molar-refractivity contribution in [1.82, 2.24) is 0 Å². The van der Waals surface area contributed by atoms with E-state index < -0.39 is 10.0 Å². The fraction of sp³-hybridized carbons (Fsp3) is 0.364. The molecule has 0 bridgehead atoms. The molecule has 17 heavy (non-hydrogen) atoms. The summed E-state index contributed by atoms with van der Waals surface area (Å²) >= 11 is 6.00. The van der Waals surface area contributed by atoms with Gasteiger partial charge < -0.3 is 0 Å². The molecular formula is C11H14ClNO3S. The molecular weight excluding hydrogens is 262 g/mol. The van der Waals surface area contributed by atoms with Crippen molar-refractivity contribution >= 4 is 33.1 Å². The Kier molecular flexibility index (Phi) is 4.16. The van der Waals surface area contributed by atoms with Crippen LogP contribution in [0.5, 0.6) is 0 Å². The second kappa shape index (κ2) is 5.06. The Hall–Kier alpha value is -1.07. The van der Waals surface area contributed by atoms with Crippen LogP contribution in [0.3, 0.4) is 0 Å². The number of sulfonamides is 1. The van der Waals surface area contributed by atoms with Gasteiger partial charge in [-0.2, -0.15) is 0 Å². The second-order valence-electron chi connectivity index (χ2n) is 3.88. The van der Waals surface area contributed by atoms with E-state index in [1.807, 2.05) is 0 Å². The van der Waals surface area contributed by atoms with Crippen molar-refractivity contribution in [3.05, 3.63) is 28.8 Å². The minimum Gasteiger partial charge on any atom is -0.298 e. The van der Waals surface area contributed by atoms with Crippen molar-refractivity contribution in [3.63, 3.8) is 0 Å². The Balaban J connectivity index is 3.37. The van der Waals surface area contributed by atoms with E-state index in [2.05, 4.69) is 0 Å². The Morgan fingerprint density at radius 1 is 1.41 bits per heavy atom. The molecule has 1 aromatic carbocycles. The average Bonchev–Trinajstić information content (AvgIpc) is 2.13. The Morgan fingerprint density at radius 2 is 2.00 bits per heavy atom. The molecule has 0 radical (unpaired) electrons. The zero-order valence-corrected chi connectivity index (χ0v) is 11.5. The van der Waals surface area contributed by atoms with Gasteiger partial charge in [-0.05, 0) is 25.5 Å². The number of nitrogens with zero attached hydrogens (tertiary/aromatic N) is 1. The zero-order chi connectivity index (χ0) is 13.2. The number of rotatable bonds is 4. The summed E-state index contributed by atoms with van der Waals surface area (Å²) in [5.41, 5.74) is 1.08. The summed E-state index contributed by atoms with van der Waals surface area (Å²) in [7, 11) is -3.53. The number of carbonyl (C=O) groups is 1.